The monoisotopic (exact) mass is 306 g/mol. The maximum atomic E-state index is 13.2. The standard InChI is InChI=1S/C18H27FN2O/c19-16-7-5-6-15(14-16)11-13-21(17-9-10-17)18(22)8-3-1-2-4-12-20/h5-7,14,17H,1-4,8-13,20H2. The Bertz CT molecular complexity index is 474. The minimum absolute atomic E-state index is 0.207. The van der Waals surface area contributed by atoms with Gasteiger partial charge in [-0.2, -0.15) is 0 Å². The summed E-state index contributed by atoms with van der Waals surface area (Å²) in [4.78, 5) is 14.4. The van der Waals surface area contributed by atoms with E-state index in [1.807, 2.05) is 11.0 Å². The molecule has 1 saturated carbocycles. The molecule has 22 heavy (non-hydrogen) atoms. The second-order valence-electron chi connectivity index (χ2n) is 6.15. The van der Waals surface area contributed by atoms with Crippen LogP contribution >= 0.6 is 0 Å². The summed E-state index contributed by atoms with van der Waals surface area (Å²) >= 11 is 0. The van der Waals surface area contributed by atoms with Crippen molar-refractivity contribution in [2.24, 2.45) is 5.73 Å². The largest absolute Gasteiger partial charge is 0.339 e. The number of benzene rings is 1. The van der Waals surface area contributed by atoms with Crippen LogP contribution in [0.2, 0.25) is 0 Å². The molecule has 0 atom stereocenters. The Balaban J connectivity index is 1.76. The molecule has 1 fully saturated rings. The third-order valence-electron chi connectivity index (χ3n) is 4.18. The highest BCUT2D eigenvalue weighted by atomic mass is 19.1. The first kappa shape index (κ1) is 16.9. The third-order valence-corrected chi connectivity index (χ3v) is 4.18. The predicted octanol–water partition coefficient (Wildman–Crippen LogP) is 3.27. The highest BCUT2D eigenvalue weighted by Crippen LogP contribution is 2.28. The van der Waals surface area contributed by atoms with Crippen LogP contribution in [0.25, 0.3) is 0 Å². The molecule has 0 spiro atoms. The van der Waals surface area contributed by atoms with Crippen molar-refractivity contribution in [2.45, 2.75) is 57.4 Å². The Kier molecular flexibility index (Phi) is 6.84. The van der Waals surface area contributed by atoms with Gasteiger partial charge in [-0.3, -0.25) is 4.79 Å². The number of hydrogen-bond acceptors (Lipinski definition) is 2. The topological polar surface area (TPSA) is 46.3 Å². The van der Waals surface area contributed by atoms with Crippen LogP contribution in [0.4, 0.5) is 4.39 Å². The summed E-state index contributed by atoms with van der Waals surface area (Å²) in [6.07, 6.45) is 7.76. The van der Waals surface area contributed by atoms with E-state index < -0.39 is 0 Å². The molecule has 1 amide bonds. The van der Waals surface area contributed by atoms with Crippen LogP contribution in [0.3, 0.4) is 0 Å². The van der Waals surface area contributed by atoms with Crippen molar-refractivity contribution in [1.82, 2.24) is 4.90 Å². The zero-order valence-electron chi connectivity index (χ0n) is 13.3. The van der Waals surface area contributed by atoms with E-state index in [2.05, 4.69) is 0 Å². The van der Waals surface area contributed by atoms with E-state index in [0.717, 1.165) is 57.1 Å². The number of nitrogens with zero attached hydrogens (tertiary/aromatic N) is 1. The molecular formula is C18H27FN2O. The molecule has 0 radical (unpaired) electrons. The molecule has 1 aromatic carbocycles. The van der Waals surface area contributed by atoms with Crippen molar-refractivity contribution >= 4 is 5.91 Å². The lowest BCUT2D eigenvalue weighted by Crippen LogP contribution is -2.34. The SMILES string of the molecule is NCCCCCCC(=O)N(CCc1cccc(F)c1)C1CC1. The molecule has 1 aromatic rings. The Hall–Kier alpha value is -1.42. The first-order chi connectivity index (χ1) is 10.7. The fraction of sp³-hybridized carbons (Fsp3) is 0.611. The molecule has 0 heterocycles. The van der Waals surface area contributed by atoms with Gasteiger partial charge in [0.2, 0.25) is 5.91 Å². The van der Waals surface area contributed by atoms with Crippen molar-refractivity contribution in [3.63, 3.8) is 0 Å². The summed E-state index contributed by atoms with van der Waals surface area (Å²) in [5, 5.41) is 0. The maximum absolute atomic E-state index is 13.2. The van der Waals surface area contributed by atoms with Crippen LogP contribution in [-0.2, 0) is 11.2 Å². The van der Waals surface area contributed by atoms with Gasteiger partial charge in [0, 0.05) is 19.0 Å². The van der Waals surface area contributed by atoms with E-state index in [4.69, 9.17) is 5.73 Å². The summed E-state index contributed by atoms with van der Waals surface area (Å²) in [5.41, 5.74) is 6.43. The number of rotatable bonds is 10. The minimum atomic E-state index is -0.207. The number of nitrogens with two attached hydrogens (primary N) is 1. The summed E-state index contributed by atoms with van der Waals surface area (Å²) in [7, 11) is 0. The van der Waals surface area contributed by atoms with Crippen LogP contribution in [0.5, 0.6) is 0 Å². The molecule has 1 aliphatic carbocycles. The molecule has 122 valence electrons. The molecule has 2 rings (SSSR count). The molecule has 0 aliphatic heterocycles. The Morgan fingerprint density at radius 1 is 1.23 bits per heavy atom. The molecule has 2 N–H and O–H groups in total. The van der Waals surface area contributed by atoms with Crippen LogP contribution in [0.15, 0.2) is 24.3 Å². The van der Waals surface area contributed by atoms with E-state index in [1.54, 1.807) is 12.1 Å². The first-order valence-corrected chi connectivity index (χ1v) is 8.44. The Morgan fingerprint density at radius 2 is 2.00 bits per heavy atom. The zero-order valence-corrected chi connectivity index (χ0v) is 13.3. The number of carbonyl (C=O) groups is 1. The summed E-state index contributed by atoms with van der Waals surface area (Å²) < 4.78 is 13.2. The van der Waals surface area contributed by atoms with E-state index in [9.17, 15) is 9.18 Å². The van der Waals surface area contributed by atoms with Crippen LogP contribution in [-0.4, -0.2) is 29.9 Å². The van der Waals surface area contributed by atoms with Crippen molar-refractivity contribution < 1.29 is 9.18 Å². The molecule has 0 saturated heterocycles. The van der Waals surface area contributed by atoms with Gasteiger partial charge in [0.05, 0.1) is 0 Å². The van der Waals surface area contributed by atoms with Gasteiger partial charge in [0.1, 0.15) is 5.82 Å². The quantitative estimate of drug-likeness (QED) is 0.674. The Morgan fingerprint density at radius 3 is 2.68 bits per heavy atom. The molecule has 4 heteroatoms. The minimum Gasteiger partial charge on any atom is -0.339 e. The van der Waals surface area contributed by atoms with Crippen molar-refractivity contribution in [3.8, 4) is 0 Å². The number of hydrogen-bond donors (Lipinski definition) is 1. The number of halogens is 1. The van der Waals surface area contributed by atoms with Gasteiger partial charge in [-0.1, -0.05) is 25.0 Å². The van der Waals surface area contributed by atoms with Gasteiger partial charge in [0.25, 0.3) is 0 Å². The number of unbranched alkanes of at least 4 members (excludes halogenated alkanes) is 3. The first-order valence-electron chi connectivity index (χ1n) is 8.44. The third kappa shape index (κ3) is 5.76. The average Bonchev–Trinajstić information content (AvgIpc) is 3.32. The van der Waals surface area contributed by atoms with E-state index in [1.165, 1.54) is 6.07 Å². The van der Waals surface area contributed by atoms with Crippen LogP contribution < -0.4 is 5.73 Å². The summed E-state index contributed by atoms with van der Waals surface area (Å²) in [6.45, 7) is 1.44. The van der Waals surface area contributed by atoms with Gasteiger partial charge in [-0.05, 0) is 56.3 Å². The highest BCUT2D eigenvalue weighted by molar-refractivity contribution is 5.76. The molecule has 1 aliphatic rings. The molecular weight excluding hydrogens is 279 g/mol. The Labute approximate surface area is 132 Å². The van der Waals surface area contributed by atoms with Crippen molar-refractivity contribution in [3.05, 3.63) is 35.6 Å². The fourth-order valence-electron chi connectivity index (χ4n) is 2.76. The fourth-order valence-corrected chi connectivity index (χ4v) is 2.76. The second-order valence-corrected chi connectivity index (χ2v) is 6.15. The zero-order chi connectivity index (χ0) is 15.8. The van der Waals surface area contributed by atoms with Crippen molar-refractivity contribution in [1.29, 1.82) is 0 Å². The highest BCUT2D eigenvalue weighted by Gasteiger charge is 2.31. The van der Waals surface area contributed by atoms with Gasteiger partial charge in [0.15, 0.2) is 0 Å². The van der Waals surface area contributed by atoms with E-state index >= 15 is 0 Å². The normalized spacial score (nSPS) is 14.1. The lowest BCUT2D eigenvalue weighted by molar-refractivity contribution is -0.131. The molecule has 0 aromatic heterocycles. The molecule has 3 nitrogen and oxygen atoms in total. The van der Waals surface area contributed by atoms with Gasteiger partial charge in [-0.25, -0.2) is 4.39 Å². The smallest absolute Gasteiger partial charge is 0.222 e. The van der Waals surface area contributed by atoms with Gasteiger partial charge >= 0.3 is 0 Å². The number of carbonyl (C=O) groups excluding carboxylic acids is 1. The van der Waals surface area contributed by atoms with Gasteiger partial charge in [-0.15, -0.1) is 0 Å². The molecule has 0 unspecified atom stereocenters. The lowest BCUT2D eigenvalue weighted by Gasteiger charge is -2.22. The number of amides is 1. The van der Waals surface area contributed by atoms with Crippen LogP contribution in [0, 0.1) is 5.82 Å². The summed E-state index contributed by atoms with van der Waals surface area (Å²) in [6, 6.07) is 7.08. The maximum Gasteiger partial charge on any atom is 0.222 e. The van der Waals surface area contributed by atoms with E-state index in [0.29, 0.717) is 19.0 Å². The van der Waals surface area contributed by atoms with Crippen molar-refractivity contribution in [2.75, 3.05) is 13.1 Å². The average molecular weight is 306 g/mol. The predicted molar refractivity (Wildman–Crippen MR) is 87.0 cm³/mol. The molecule has 0 bridgehead atoms. The lowest BCUT2D eigenvalue weighted by atomic mass is 10.1. The second kappa shape index (κ2) is 8.89. The summed E-state index contributed by atoms with van der Waals surface area (Å²) in [5.74, 6) is 0.0494. The van der Waals surface area contributed by atoms with Gasteiger partial charge < -0.3 is 10.6 Å². The van der Waals surface area contributed by atoms with Crippen LogP contribution in [0.1, 0.15) is 50.5 Å². The van der Waals surface area contributed by atoms with E-state index in [-0.39, 0.29) is 11.7 Å².